The molecular formula is C11H13ClN2O6S. The highest BCUT2D eigenvalue weighted by Gasteiger charge is 2.26. The summed E-state index contributed by atoms with van der Waals surface area (Å²) in [5.41, 5.74) is -0.638. The number of hydrogen-bond donors (Lipinski definition) is 2. The Bertz CT molecular complexity index is 661. The van der Waals surface area contributed by atoms with Gasteiger partial charge < -0.3 is 5.11 Å². The van der Waals surface area contributed by atoms with Gasteiger partial charge in [0, 0.05) is 17.6 Å². The van der Waals surface area contributed by atoms with Crippen LogP contribution in [0.3, 0.4) is 0 Å². The summed E-state index contributed by atoms with van der Waals surface area (Å²) in [6, 6.07) is 3.20. The molecule has 116 valence electrons. The molecule has 1 atom stereocenters. The molecule has 0 aromatic heterocycles. The van der Waals surface area contributed by atoms with E-state index in [0.717, 1.165) is 12.1 Å². The zero-order valence-electron chi connectivity index (χ0n) is 10.9. The zero-order valence-corrected chi connectivity index (χ0v) is 12.5. The number of rotatable bonds is 7. The van der Waals surface area contributed by atoms with Crippen LogP contribution in [0.15, 0.2) is 23.1 Å². The lowest BCUT2D eigenvalue weighted by molar-refractivity contribution is -0.387. The van der Waals surface area contributed by atoms with Crippen molar-refractivity contribution >= 4 is 33.3 Å². The van der Waals surface area contributed by atoms with Gasteiger partial charge in [-0.05, 0) is 18.6 Å². The molecule has 1 aromatic carbocycles. The molecule has 0 heterocycles. The Labute approximate surface area is 125 Å². The number of aliphatic carboxylic acids is 1. The highest BCUT2D eigenvalue weighted by atomic mass is 35.5. The summed E-state index contributed by atoms with van der Waals surface area (Å²) in [6.07, 6.45) is 0.0654. The third-order valence-electron chi connectivity index (χ3n) is 2.70. The standard InChI is InChI=1S/C11H13ClN2O6S/c1-7(11(15)16)4-5-13-21(19,20)10-3-2-8(12)6-9(10)14(17)18/h2-3,6-7,13H,4-5H2,1H3,(H,15,16). The molecule has 0 aliphatic rings. The molecule has 0 aliphatic heterocycles. The smallest absolute Gasteiger partial charge is 0.306 e. The first-order valence-electron chi connectivity index (χ1n) is 5.81. The number of nitro benzene ring substituents is 1. The lowest BCUT2D eigenvalue weighted by atomic mass is 10.1. The van der Waals surface area contributed by atoms with Gasteiger partial charge in [-0.25, -0.2) is 13.1 Å². The molecule has 0 saturated heterocycles. The first-order chi connectivity index (χ1) is 9.65. The molecule has 1 unspecified atom stereocenters. The van der Waals surface area contributed by atoms with Crippen LogP contribution in [0.1, 0.15) is 13.3 Å². The first-order valence-corrected chi connectivity index (χ1v) is 7.67. The number of nitro groups is 1. The maximum atomic E-state index is 12.0. The van der Waals surface area contributed by atoms with E-state index in [-0.39, 0.29) is 18.0 Å². The van der Waals surface area contributed by atoms with Gasteiger partial charge in [0.25, 0.3) is 5.69 Å². The van der Waals surface area contributed by atoms with Crippen molar-refractivity contribution in [2.24, 2.45) is 5.92 Å². The molecule has 0 radical (unpaired) electrons. The fourth-order valence-electron chi connectivity index (χ4n) is 1.47. The Morgan fingerprint density at radius 2 is 2.14 bits per heavy atom. The van der Waals surface area contributed by atoms with Gasteiger partial charge in [0.2, 0.25) is 10.0 Å². The van der Waals surface area contributed by atoms with E-state index in [4.69, 9.17) is 16.7 Å². The molecular weight excluding hydrogens is 324 g/mol. The highest BCUT2D eigenvalue weighted by Crippen LogP contribution is 2.26. The quantitative estimate of drug-likeness (QED) is 0.575. The Balaban J connectivity index is 2.93. The molecule has 0 saturated carbocycles. The van der Waals surface area contributed by atoms with E-state index in [9.17, 15) is 23.3 Å². The summed E-state index contributed by atoms with van der Waals surface area (Å²) in [7, 11) is -4.12. The molecule has 0 amide bonds. The monoisotopic (exact) mass is 336 g/mol. The Morgan fingerprint density at radius 3 is 2.67 bits per heavy atom. The van der Waals surface area contributed by atoms with Gasteiger partial charge in [0.1, 0.15) is 0 Å². The molecule has 8 nitrogen and oxygen atoms in total. The molecule has 0 aliphatic carbocycles. The van der Waals surface area contributed by atoms with Crippen molar-refractivity contribution in [1.29, 1.82) is 0 Å². The largest absolute Gasteiger partial charge is 0.481 e. The first kappa shape index (κ1) is 17.3. The number of benzene rings is 1. The lowest BCUT2D eigenvalue weighted by Gasteiger charge is -2.09. The van der Waals surface area contributed by atoms with Crippen LogP contribution in [-0.4, -0.2) is 31.0 Å². The van der Waals surface area contributed by atoms with Gasteiger partial charge in [0.15, 0.2) is 4.90 Å². The van der Waals surface area contributed by atoms with Crippen molar-refractivity contribution in [3.63, 3.8) is 0 Å². The third-order valence-corrected chi connectivity index (χ3v) is 4.44. The summed E-state index contributed by atoms with van der Waals surface area (Å²) in [5.74, 6) is -1.78. The van der Waals surface area contributed by atoms with Crippen molar-refractivity contribution in [2.45, 2.75) is 18.2 Å². The van der Waals surface area contributed by atoms with Crippen LogP contribution in [0.5, 0.6) is 0 Å². The minimum Gasteiger partial charge on any atom is -0.481 e. The van der Waals surface area contributed by atoms with Crippen molar-refractivity contribution in [3.8, 4) is 0 Å². The number of carboxylic acids is 1. The van der Waals surface area contributed by atoms with Crippen molar-refractivity contribution in [3.05, 3.63) is 33.3 Å². The predicted molar refractivity (Wildman–Crippen MR) is 74.7 cm³/mol. The maximum Gasteiger partial charge on any atom is 0.306 e. The van der Waals surface area contributed by atoms with E-state index in [1.165, 1.54) is 13.0 Å². The van der Waals surface area contributed by atoms with Gasteiger partial charge in [-0.2, -0.15) is 0 Å². The molecule has 1 rings (SSSR count). The lowest BCUT2D eigenvalue weighted by Crippen LogP contribution is -2.27. The van der Waals surface area contributed by atoms with Gasteiger partial charge in [-0.15, -0.1) is 0 Å². The van der Waals surface area contributed by atoms with E-state index in [1.54, 1.807) is 0 Å². The highest BCUT2D eigenvalue weighted by molar-refractivity contribution is 7.89. The number of carboxylic acid groups (broad SMARTS) is 1. The normalized spacial score (nSPS) is 12.9. The van der Waals surface area contributed by atoms with Gasteiger partial charge in [-0.1, -0.05) is 18.5 Å². The summed E-state index contributed by atoms with van der Waals surface area (Å²) in [6.45, 7) is 1.29. The summed E-state index contributed by atoms with van der Waals surface area (Å²) in [4.78, 5) is 20.1. The van der Waals surface area contributed by atoms with Gasteiger partial charge in [0.05, 0.1) is 10.8 Å². The fraction of sp³-hybridized carbons (Fsp3) is 0.364. The number of nitrogens with one attached hydrogen (secondary N) is 1. The second-order valence-electron chi connectivity index (χ2n) is 4.29. The van der Waals surface area contributed by atoms with E-state index in [1.807, 2.05) is 0 Å². The SMILES string of the molecule is CC(CCNS(=O)(=O)c1ccc(Cl)cc1[N+](=O)[O-])C(=O)O. The minimum atomic E-state index is -4.12. The van der Waals surface area contributed by atoms with Crippen LogP contribution in [0.4, 0.5) is 5.69 Å². The summed E-state index contributed by atoms with van der Waals surface area (Å²) >= 11 is 5.61. The van der Waals surface area contributed by atoms with Gasteiger partial charge >= 0.3 is 5.97 Å². The van der Waals surface area contributed by atoms with Crippen LogP contribution in [0.2, 0.25) is 5.02 Å². The molecule has 0 bridgehead atoms. The summed E-state index contributed by atoms with van der Waals surface area (Å²) in [5, 5.41) is 19.6. The maximum absolute atomic E-state index is 12.0. The topological polar surface area (TPSA) is 127 Å². The molecule has 0 fully saturated rings. The minimum absolute atomic E-state index is 0.0418. The van der Waals surface area contributed by atoms with E-state index in [2.05, 4.69) is 4.72 Å². The number of hydrogen-bond acceptors (Lipinski definition) is 5. The molecule has 21 heavy (non-hydrogen) atoms. The van der Waals surface area contributed by atoms with E-state index < -0.39 is 37.4 Å². The Kier molecular flexibility index (Phi) is 5.64. The second-order valence-corrected chi connectivity index (χ2v) is 6.47. The number of halogens is 1. The van der Waals surface area contributed by atoms with Crippen LogP contribution in [-0.2, 0) is 14.8 Å². The van der Waals surface area contributed by atoms with Crippen LogP contribution >= 0.6 is 11.6 Å². The van der Waals surface area contributed by atoms with E-state index in [0.29, 0.717) is 0 Å². The van der Waals surface area contributed by atoms with Crippen LogP contribution < -0.4 is 4.72 Å². The predicted octanol–water partition coefficient (Wildman–Crippen LogP) is 1.64. The number of sulfonamides is 1. The Hall–Kier alpha value is -1.71. The second kappa shape index (κ2) is 6.83. The molecule has 1 aromatic rings. The average Bonchev–Trinajstić information content (AvgIpc) is 2.37. The van der Waals surface area contributed by atoms with Crippen molar-refractivity contribution in [2.75, 3.05) is 6.54 Å². The average molecular weight is 337 g/mol. The molecule has 0 spiro atoms. The zero-order chi connectivity index (χ0) is 16.2. The van der Waals surface area contributed by atoms with Crippen LogP contribution in [0.25, 0.3) is 0 Å². The Morgan fingerprint density at radius 1 is 1.52 bits per heavy atom. The van der Waals surface area contributed by atoms with Crippen molar-refractivity contribution in [1.82, 2.24) is 4.72 Å². The van der Waals surface area contributed by atoms with Crippen LogP contribution in [0, 0.1) is 16.0 Å². The fourth-order valence-corrected chi connectivity index (χ4v) is 2.84. The summed E-state index contributed by atoms with van der Waals surface area (Å²) < 4.78 is 26.2. The molecule has 10 heteroatoms. The third kappa shape index (κ3) is 4.66. The van der Waals surface area contributed by atoms with Crippen molar-refractivity contribution < 1.29 is 23.2 Å². The number of nitrogens with zero attached hydrogens (tertiary/aromatic N) is 1. The van der Waals surface area contributed by atoms with E-state index >= 15 is 0 Å². The van der Waals surface area contributed by atoms with Gasteiger partial charge in [-0.3, -0.25) is 14.9 Å². The number of carbonyl (C=O) groups is 1. The molecule has 2 N–H and O–H groups in total.